The van der Waals surface area contributed by atoms with E-state index in [-0.39, 0.29) is 5.76 Å². The molecule has 1 N–H and O–H groups in total. The smallest absolute Gasteiger partial charge is 0.221 e. The van der Waals surface area contributed by atoms with Gasteiger partial charge in [0, 0.05) is 31.3 Å². The van der Waals surface area contributed by atoms with Crippen LogP contribution in [-0.2, 0) is 13.6 Å². The average Bonchev–Trinajstić information content (AvgIpc) is 3.40. The highest BCUT2D eigenvalue weighted by Crippen LogP contribution is 2.33. The summed E-state index contributed by atoms with van der Waals surface area (Å²) < 4.78 is 15.6. The molecule has 2 bridgehead atoms. The summed E-state index contributed by atoms with van der Waals surface area (Å²) in [5.41, 5.74) is 5.22. The van der Waals surface area contributed by atoms with Gasteiger partial charge in [0.05, 0.1) is 42.2 Å². The number of rotatable bonds is 2. The van der Waals surface area contributed by atoms with Crippen LogP contribution < -0.4 is 9.47 Å². The van der Waals surface area contributed by atoms with E-state index >= 15 is 0 Å². The molecule has 0 aliphatic carbocycles. The highest BCUT2D eigenvalue weighted by atomic mass is 16.5. The fourth-order valence-electron chi connectivity index (χ4n) is 4.70. The zero-order valence-electron chi connectivity index (χ0n) is 21.5. The molecule has 188 valence electrons. The fourth-order valence-corrected chi connectivity index (χ4v) is 4.70. The van der Waals surface area contributed by atoms with Crippen LogP contribution in [0, 0.1) is 5.92 Å². The quantitative estimate of drug-likeness (QED) is 0.383. The summed E-state index contributed by atoms with van der Waals surface area (Å²) in [6.45, 7) is 8.00. The first-order chi connectivity index (χ1) is 17.3. The van der Waals surface area contributed by atoms with Crippen molar-refractivity contribution in [1.29, 1.82) is 0 Å². The van der Waals surface area contributed by atoms with E-state index in [1.165, 1.54) is 5.56 Å². The molecular formula is C28H33N5O3. The second kappa shape index (κ2) is 9.68. The summed E-state index contributed by atoms with van der Waals surface area (Å²) in [5.74, 6) is 2.66. The maximum absolute atomic E-state index is 11.3. The van der Waals surface area contributed by atoms with Gasteiger partial charge < -0.3 is 19.1 Å². The molecule has 0 spiro atoms. The molecule has 0 radical (unpaired) electrons. The minimum absolute atomic E-state index is 0.0893. The van der Waals surface area contributed by atoms with Crippen LogP contribution in [0.15, 0.2) is 36.5 Å². The van der Waals surface area contributed by atoms with Gasteiger partial charge in [-0.2, -0.15) is 5.10 Å². The molecule has 0 saturated heterocycles. The Balaban J connectivity index is 1.69. The molecular weight excluding hydrogens is 454 g/mol. The number of ether oxygens (including phenoxy) is 2. The summed E-state index contributed by atoms with van der Waals surface area (Å²) in [7, 11) is 3.41. The predicted octanol–water partition coefficient (Wildman–Crippen LogP) is 5.83. The number of aliphatic hydroxyl groups is 1. The van der Waals surface area contributed by atoms with Crippen LogP contribution in [-0.4, -0.2) is 43.1 Å². The van der Waals surface area contributed by atoms with Crippen LogP contribution in [0.2, 0.25) is 0 Å². The van der Waals surface area contributed by atoms with Crippen molar-refractivity contribution in [3.05, 3.63) is 53.5 Å². The Hall–Kier alpha value is -3.81. The van der Waals surface area contributed by atoms with Crippen LogP contribution in [0.25, 0.3) is 34.1 Å². The Morgan fingerprint density at radius 1 is 1.17 bits per heavy atom. The summed E-state index contributed by atoms with van der Waals surface area (Å²) >= 11 is 0. The Labute approximate surface area is 211 Å². The molecule has 5 rings (SSSR count). The number of hydrogen-bond donors (Lipinski definition) is 1. The van der Waals surface area contributed by atoms with Crippen molar-refractivity contribution in [2.45, 2.75) is 46.1 Å². The Morgan fingerprint density at radius 3 is 2.78 bits per heavy atom. The van der Waals surface area contributed by atoms with Crippen LogP contribution in [0.4, 0.5) is 0 Å². The zero-order valence-corrected chi connectivity index (χ0v) is 21.5. The molecule has 8 nitrogen and oxygen atoms in total. The number of benzene rings is 1. The van der Waals surface area contributed by atoms with Crippen molar-refractivity contribution in [2.24, 2.45) is 13.0 Å². The predicted molar refractivity (Wildman–Crippen MR) is 141 cm³/mol. The molecule has 36 heavy (non-hydrogen) atoms. The third-order valence-corrected chi connectivity index (χ3v) is 6.78. The second-order valence-corrected chi connectivity index (χ2v) is 9.88. The lowest BCUT2D eigenvalue weighted by Crippen LogP contribution is -2.11. The first-order valence-corrected chi connectivity index (χ1v) is 12.5. The molecule has 8 heteroatoms. The Kier molecular flexibility index (Phi) is 6.43. The third kappa shape index (κ3) is 4.55. The molecule has 1 aliphatic rings. The standard InChI is InChI=1S/C28H33N5O3/c1-17(2)19-8-9-22-24(12-19)33-16-18(3)7-6-10-36-28-21(15-29-32(28)4)23-11-20(13-27(31-23)35-5)25(34)14-26(33)30-22/h8-9,11-15,17-18,34H,6-7,10,16H2,1-5H3/b25-14-/t18-/m1/s1. The van der Waals surface area contributed by atoms with E-state index < -0.39 is 0 Å². The van der Waals surface area contributed by atoms with Crippen LogP contribution in [0.1, 0.15) is 56.5 Å². The summed E-state index contributed by atoms with van der Waals surface area (Å²) in [5, 5.41) is 15.6. The van der Waals surface area contributed by atoms with E-state index in [0.29, 0.717) is 41.5 Å². The van der Waals surface area contributed by atoms with Gasteiger partial charge in [-0.15, -0.1) is 0 Å². The molecule has 0 unspecified atom stereocenters. The van der Waals surface area contributed by atoms with Gasteiger partial charge in [-0.05, 0) is 48.4 Å². The normalized spacial score (nSPS) is 17.9. The molecule has 4 heterocycles. The SMILES string of the molecule is COc1cc2cc(n1)-c1cnn(C)c1OCCC[C@@H](C)Cn1c(nc3ccc(C(C)C)cc31)/C=C/2O. The van der Waals surface area contributed by atoms with E-state index in [0.717, 1.165) is 41.8 Å². The van der Waals surface area contributed by atoms with Gasteiger partial charge in [0.15, 0.2) is 0 Å². The van der Waals surface area contributed by atoms with Gasteiger partial charge in [0.2, 0.25) is 11.8 Å². The summed E-state index contributed by atoms with van der Waals surface area (Å²) in [6, 6.07) is 9.98. The first-order valence-electron chi connectivity index (χ1n) is 12.5. The van der Waals surface area contributed by atoms with Crippen molar-refractivity contribution < 1.29 is 14.6 Å². The van der Waals surface area contributed by atoms with Gasteiger partial charge in [0.25, 0.3) is 0 Å². The van der Waals surface area contributed by atoms with Crippen molar-refractivity contribution in [2.75, 3.05) is 13.7 Å². The van der Waals surface area contributed by atoms with E-state index in [4.69, 9.17) is 14.5 Å². The number of aliphatic hydroxyl groups excluding tert-OH is 1. The molecule has 0 fully saturated rings. The molecule has 4 aromatic rings. The Morgan fingerprint density at radius 2 is 2.00 bits per heavy atom. The van der Waals surface area contributed by atoms with Crippen molar-refractivity contribution in [3.63, 3.8) is 0 Å². The van der Waals surface area contributed by atoms with E-state index in [1.807, 2.05) is 13.1 Å². The van der Waals surface area contributed by atoms with E-state index in [2.05, 4.69) is 53.6 Å². The van der Waals surface area contributed by atoms with Gasteiger partial charge in [-0.3, -0.25) is 0 Å². The van der Waals surface area contributed by atoms with Crippen LogP contribution in [0.5, 0.6) is 11.8 Å². The largest absolute Gasteiger partial charge is 0.507 e. The van der Waals surface area contributed by atoms with Gasteiger partial charge in [-0.25, -0.2) is 14.6 Å². The topological polar surface area (TPSA) is 87.2 Å². The van der Waals surface area contributed by atoms with Crippen LogP contribution in [0.3, 0.4) is 0 Å². The zero-order chi connectivity index (χ0) is 25.4. The maximum atomic E-state index is 11.3. The minimum Gasteiger partial charge on any atom is -0.507 e. The summed E-state index contributed by atoms with van der Waals surface area (Å²) in [4.78, 5) is 9.49. The van der Waals surface area contributed by atoms with E-state index in [9.17, 15) is 5.11 Å². The van der Waals surface area contributed by atoms with Crippen molar-refractivity contribution in [3.8, 4) is 23.0 Å². The molecule has 1 atom stereocenters. The molecule has 1 aromatic carbocycles. The number of pyridine rings is 1. The fraction of sp³-hybridized carbons (Fsp3) is 0.393. The third-order valence-electron chi connectivity index (χ3n) is 6.78. The Bertz CT molecular complexity index is 1430. The van der Waals surface area contributed by atoms with E-state index in [1.54, 1.807) is 30.1 Å². The molecule has 1 aliphatic heterocycles. The highest BCUT2D eigenvalue weighted by Gasteiger charge is 2.19. The van der Waals surface area contributed by atoms with Crippen molar-refractivity contribution in [1.82, 2.24) is 24.3 Å². The lowest BCUT2D eigenvalue weighted by Gasteiger charge is -2.16. The number of methoxy groups -OCH3 is 1. The number of nitrogens with zero attached hydrogens (tertiary/aromatic N) is 5. The van der Waals surface area contributed by atoms with Crippen molar-refractivity contribution >= 4 is 22.9 Å². The van der Waals surface area contributed by atoms with Crippen LogP contribution >= 0.6 is 0 Å². The van der Waals surface area contributed by atoms with Gasteiger partial charge >= 0.3 is 0 Å². The lowest BCUT2D eigenvalue weighted by molar-refractivity contribution is 0.269. The maximum Gasteiger partial charge on any atom is 0.221 e. The van der Waals surface area contributed by atoms with Gasteiger partial charge in [-0.1, -0.05) is 26.8 Å². The summed E-state index contributed by atoms with van der Waals surface area (Å²) in [6.07, 6.45) is 5.36. The highest BCUT2D eigenvalue weighted by molar-refractivity contribution is 5.83. The number of hydrogen-bond acceptors (Lipinski definition) is 6. The minimum atomic E-state index is 0.0893. The molecule has 3 aromatic heterocycles. The monoisotopic (exact) mass is 487 g/mol. The average molecular weight is 488 g/mol. The second-order valence-electron chi connectivity index (χ2n) is 9.88. The number of aryl methyl sites for hydroxylation is 1. The number of imidazole rings is 1. The number of aromatic nitrogens is 5. The lowest BCUT2D eigenvalue weighted by atomic mass is 10.0. The molecule has 0 amide bonds. The van der Waals surface area contributed by atoms with Gasteiger partial charge in [0.1, 0.15) is 11.6 Å². The first kappa shape index (κ1) is 23.9. The molecule has 0 saturated carbocycles. The number of fused-ring (bicyclic) bond motifs is 7.